The van der Waals surface area contributed by atoms with E-state index in [1.807, 2.05) is 121 Å². The quantitative estimate of drug-likeness (QED) is 0.0888. The predicted molar refractivity (Wildman–Crippen MR) is 332 cm³/mol. The number of hydrogen-bond donors (Lipinski definition) is 2. The lowest BCUT2D eigenvalue weighted by molar-refractivity contribution is 0.102. The van der Waals surface area contributed by atoms with Crippen LogP contribution in [0.15, 0.2) is 249 Å². The number of benzene rings is 9. The average Bonchev–Trinajstić information content (AvgIpc) is 2.75. The Morgan fingerprint density at radius 2 is 0.750 bits per heavy atom. The van der Waals surface area contributed by atoms with Crippen LogP contribution >= 0.6 is 0 Å². The second-order valence-corrected chi connectivity index (χ2v) is 19.2. The number of amides is 1. The number of nitriles is 2. The largest absolute Gasteiger partial charge is 0.391 e. The molecule has 0 bridgehead atoms. The number of nitrogens with zero attached hydrogens (tertiary/aromatic N) is 10. The Balaban J connectivity index is 0.000000332. The van der Waals surface area contributed by atoms with E-state index in [1.54, 1.807) is 36.4 Å². The highest BCUT2D eigenvalue weighted by Crippen LogP contribution is 2.38. The zero-order valence-corrected chi connectivity index (χ0v) is 45.5. The predicted octanol–water partition coefficient (Wildman–Crippen LogP) is 15.7. The van der Waals surface area contributed by atoms with E-state index in [0.29, 0.717) is 43.4 Å². The maximum absolute atomic E-state index is 12.0. The van der Waals surface area contributed by atoms with Crippen LogP contribution in [0.4, 0.5) is 34.9 Å². The minimum Gasteiger partial charge on any atom is -0.391 e. The van der Waals surface area contributed by atoms with E-state index in [9.17, 15) is 10.1 Å². The van der Waals surface area contributed by atoms with E-state index in [0.717, 1.165) is 66.8 Å². The molecule has 13 heteroatoms. The van der Waals surface area contributed by atoms with Crippen LogP contribution in [-0.4, -0.2) is 25.8 Å². The number of aromatic nitrogens is 4. The third-order valence-electron chi connectivity index (χ3n) is 13.9. The van der Waals surface area contributed by atoms with Crippen molar-refractivity contribution in [2.45, 2.75) is 26.2 Å². The van der Waals surface area contributed by atoms with Crippen molar-refractivity contribution in [2.24, 2.45) is 0 Å². The minimum atomic E-state index is -0.447. The summed E-state index contributed by atoms with van der Waals surface area (Å²) in [6.45, 7) is 17.2. The van der Waals surface area contributed by atoms with Crippen molar-refractivity contribution >= 4 is 40.8 Å². The lowest BCUT2D eigenvalue weighted by atomic mass is 9.97. The van der Waals surface area contributed by atoms with Gasteiger partial charge in [-0.2, -0.15) is 10.5 Å². The fraction of sp³-hybridized carbons (Fsp3) is 0.0563. The fourth-order valence-corrected chi connectivity index (χ4v) is 9.91. The summed E-state index contributed by atoms with van der Waals surface area (Å²) in [5.41, 5.74) is 18.8. The molecule has 3 N–H and O–H groups in total. The highest BCUT2D eigenvalue weighted by atomic mass is 16.1. The molecule has 1 amide bonds. The van der Waals surface area contributed by atoms with E-state index in [2.05, 4.69) is 138 Å². The Hall–Kier alpha value is -12.0. The molecule has 402 valence electrons. The minimum absolute atomic E-state index is 0.0819. The summed E-state index contributed by atoms with van der Waals surface area (Å²) >= 11 is 0. The van der Waals surface area contributed by atoms with Gasteiger partial charge in [-0.1, -0.05) is 260 Å². The SMILES string of the molecule is [C-]#[N+]c1nc(N(Cc2ccccc2-c2ccccc2)Cc2ccccc2-c2ccccc2)c(C#N)nc1N(Cc1ccccc1-c1ccccc1)Cc1ccccc1-c1ccccc1.[C-]#[N+]c1nc(NC(=O)c2ccccc2)c(C#N)nc1N. The van der Waals surface area contributed by atoms with Gasteiger partial charge >= 0.3 is 11.6 Å². The van der Waals surface area contributed by atoms with Gasteiger partial charge in [-0.25, -0.2) is 9.97 Å². The van der Waals surface area contributed by atoms with Gasteiger partial charge in [0.2, 0.25) is 11.4 Å². The molecule has 0 aliphatic heterocycles. The second kappa shape index (κ2) is 26.7. The van der Waals surface area contributed by atoms with Gasteiger partial charge in [-0.05, 0) is 78.9 Å². The molecule has 0 spiro atoms. The van der Waals surface area contributed by atoms with Gasteiger partial charge in [0.15, 0.2) is 11.6 Å². The zero-order chi connectivity index (χ0) is 58.0. The molecule has 84 heavy (non-hydrogen) atoms. The first-order valence-electron chi connectivity index (χ1n) is 26.9. The van der Waals surface area contributed by atoms with E-state index in [-0.39, 0.29) is 34.7 Å². The van der Waals surface area contributed by atoms with E-state index in [1.165, 1.54) is 0 Å². The molecule has 2 heterocycles. The van der Waals surface area contributed by atoms with Crippen LogP contribution in [0.5, 0.6) is 0 Å². The smallest absolute Gasteiger partial charge is 0.314 e. The summed E-state index contributed by atoms with van der Waals surface area (Å²) in [4.78, 5) is 41.3. The van der Waals surface area contributed by atoms with Gasteiger partial charge in [0.1, 0.15) is 12.1 Å². The van der Waals surface area contributed by atoms with Crippen molar-refractivity contribution < 1.29 is 4.79 Å². The highest BCUT2D eigenvalue weighted by molar-refractivity contribution is 6.04. The number of carbonyl (C=O) groups excluding carboxylic acids is 1. The summed E-state index contributed by atoms with van der Waals surface area (Å²) < 4.78 is 0. The van der Waals surface area contributed by atoms with Crippen molar-refractivity contribution in [3.8, 4) is 56.6 Å². The molecule has 0 aliphatic rings. The molecule has 11 aromatic rings. The number of carbonyl (C=O) groups is 1. The lowest BCUT2D eigenvalue weighted by Gasteiger charge is -2.29. The number of nitrogens with two attached hydrogens (primary N) is 1. The van der Waals surface area contributed by atoms with E-state index in [4.69, 9.17) is 34.1 Å². The third-order valence-corrected chi connectivity index (χ3v) is 13.9. The van der Waals surface area contributed by atoms with Crippen molar-refractivity contribution in [1.29, 1.82) is 10.5 Å². The number of anilines is 4. The molecule has 0 unspecified atom stereocenters. The van der Waals surface area contributed by atoms with Crippen LogP contribution in [0.25, 0.3) is 54.2 Å². The highest BCUT2D eigenvalue weighted by Gasteiger charge is 2.28. The van der Waals surface area contributed by atoms with Crippen LogP contribution in [0.2, 0.25) is 0 Å². The molecule has 9 aromatic carbocycles. The molecule has 2 aromatic heterocycles. The lowest BCUT2D eigenvalue weighted by Crippen LogP contribution is -2.28. The Labute approximate surface area is 488 Å². The van der Waals surface area contributed by atoms with Gasteiger partial charge in [-0.3, -0.25) is 10.1 Å². The summed E-state index contributed by atoms with van der Waals surface area (Å²) in [7, 11) is 0. The molecule has 0 aliphatic carbocycles. The molecule has 13 nitrogen and oxygen atoms in total. The molecule has 0 fully saturated rings. The topological polar surface area (TPSA) is 169 Å². The monoisotopic (exact) mass is 1090 g/mol. The van der Waals surface area contributed by atoms with Crippen LogP contribution in [0, 0.1) is 35.8 Å². The third kappa shape index (κ3) is 13.0. The summed E-state index contributed by atoms with van der Waals surface area (Å²) in [5.74, 6) is 0.00834. The first kappa shape index (κ1) is 55.3. The number of nitrogen functional groups attached to an aromatic ring is 1. The summed E-state index contributed by atoms with van der Waals surface area (Å²) in [5, 5.41) is 22.5. The molecule has 11 rings (SSSR count). The maximum atomic E-state index is 12.0. The average molecular weight is 1090 g/mol. The van der Waals surface area contributed by atoms with Gasteiger partial charge in [-0.15, -0.1) is 0 Å². The van der Waals surface area contributed by atoms with E-state index < -0.39 is 5.91 Å². The molecule has 0 saturated carbocycles. The molecule has 0 radical (unpaired) electrons. The van der Waals surface area contributed by atoms with Crippen molar-refractivity contribution in [1.82, 2.24) is 19.9 Å². The fourth-order valence-electron chi connectivity index (χ4n) is 9.91. The van der Waals surface area contributed by atoms with Crippen LogP contribution in [0.3, 0.4) is 0 Å². The van der Waals surface area contributed by atoms with Crippen molar-refractivity contribution in [3.05, 3.63) is 311 Å². The number of rotatable bonds is 16. The van der Waals surface area contributed by atoms with E-state index >= 15 is 0 Å². The first-order chi connectivity index (χ1) is 41.3. The normalized spacial score (nSPS) is 10.4. The van der Waals surface area contributed by atoms with Gasteiger partial charge in [0.05, 0.1) is 0 Å². The van der Waals surface area contributed by atoms with Gasteiger partial charge < -0.3 is 25.2 Å². The van der Waals surface area contributed by atoms with Gasteiger partial charge in [0, 0.05) is 31.7 Å². The second-order valence-electron chi connectivity index (χ2n) is 19.2. The Morgan fingerprint density at radius 1 is 0.417 bits per heavy atom. The van der Waals surface area contributed by atoms with Crippen molar-refractivity contribution in [2.75, 3.05) is 20.9 Å². The van der Waals surface area contributed by atoms with Crippen molar-refractivity contribution in [3.63, 3.8) is 0 Å². The summed E-state index contributed by atoms with van der Waals surface area (Å²) in [6, 6.07) is 87.3. The number of nitrogens with one attached hydrogen (secondary N) is 1. The summed E-state index contributed by atoms with van der Waals surface area (Å²) in [6.07, 6.45) is 0. The Bertz CT molecular complexity index is 3890. The molecular formula is C71H52N12O. The molecule has 0 atom stereocenters. The maximum Gasteiger partial charge on any atom is 0.314 e. The number of hydrogen-bond acceptors (Lipinski definition) is 10. The molecule has 0 saturated heterocycles. The molecular weight excluding hydrogens is 1040 g/mol. The van der Waals surface area contributed by atoms with Crippen LogP contribution in [0.1, 0.15) is 44.0 Å². The van der Waals surface area contributed by atoms with Gasteiger partial charge in [0.25, 0.3) is 17.5 Å². The Kier molecular flexibility index (Phi) is 17.6. The first-order valence-corrected chi connectivity index (χ1v) is 26.9. The van der Waals surface area contributed by atoms with Crippen LogP contribution in [-0.2, 0) is 26.2 Å². The zero-order valence-electron chi connectivity index (χ0n) is 45.5. The standard InChI is InChI=1S/C58H44N6.C13H8N6O/c1-60-56-58(64(41-49-32-16-20-36-53(49)45-26-10-4-11-27-45)42-50-33-17-21-37-54(50)46-28-12-5-13-29-46)61-55(38-59)57(62-56)63(39-47-30-14-18-34-51(47)43-22-6-2-7-23-43)40-48-31-15-19-35-52(48)44-24-8-3-9-25-44;1-16-12-10(15)17-9(7-14)11(18-12)19-13(20)8-5-3-2-4-6-8/h2-37H,39-42H2;2-6H,(H2,15,17)(H,18,19,20). The Morgan fingerprint density at radius 3 is 1.11 bits per heavy atom. The van der Waals surface area contributed by atoms with Crippen LogP contribution < -0.4 is 20.9 Å².